The van der Waals surface area contributed by atoms with Gasteiger partial charge in [0.1, 0.15) is 5.76 Å². The topological polar surface area (TPSA) is 84.2 Å². The van der Waals surface area contributed by atoms with Crippen molar-refractivity contribution in [3.8, 4) is 0 Å². The van der Waals surface area contributed by atoms with E-state index in [0.717, 1.165) is 5.69 Å². The summed E-state index contributed by atoms with van der Waals surface area (Å²) >= 11 is 0. The normalized spacial score (nSPS) is 10.3. The fourth-order valence-corrected chi connectivity index (χ4v) is 2.01. The van der Waals surface area contributed by atoms with Crippen molar-refractivity contribution < 1.29 is 9.32 Å². The largest absolute Gasteiger partial charge is 0.360 e. The van der Waals surface area contributed by atoms with Crippen molar-refractivity contribution in [1.82, 2.24) is 15.4 Å². The lowest BCUT2D eigenvalue weighted by Crippen LogP contribution is -2.17. The second kappa shape index (κ2) is 6.27. The minimum atomic E-state index is -0.389. The molecule has 116 valence electrons. The first kappa shape index (κ1) is 14.7. The zero-order chi connectivity index (χ0) is 16.2. The quantitative estimate of drug-likeness (QED) is 0.797. The summed E-state index contributed by atoms with van der Waals surface area (Å²) in [7, 11) is 1.89. The second-order valence-electron chi connectivity index (χ2n) is 4.95. The zero-order valence-corrected chi connectivity index (χ0v) is 12.7. The smallest absolute Gasteiger partial charge is 0.277 e. The van der Waals surface area contributed by atoms with Gasteiger partial charge < -0.3 is 14.7 Å². The van der Waals surface area contributed by atoms with Crippen LogP contribution in [0.1, 0.15) is 16.2 Å². The maximum Gasteiger partial charge on any atom is 0.277 e. The van der Waals surface area contributed by atoms with Crippen LogP contribution < -0.4 is 10.2 Å². The monoisotopic (exact) mass is 309 g/mol. The number of carbonyl (C=O) groups excluding carboxylic acids is 1. The number of aromatic nitrogens is 3. The van der Waals surface area contributed by atoms with E-state index in [1.807, 2.05) is 42.3 Å². The van der Waals surface area contributed by atoms with Gasteiger partial charge in [-0.2, -0.15) is 0 Å². The van der Waals surface area contributed by atoms with E-state index in [2.05, 4.69) is 20.7 Å². The van der Waals surface area contributed by atoms with Crippen LogP contribution >= 0.6 is 0 Å². The Morgan fingerprint density at radius 3 is 2.52 bits per heavy atom. The number of hydrogen-bond donors (Lipinski definition) is 1. The molecule has 7 heteroatoms. The molecule has 3 aromatic rings. The Balaban J connectivity index is 1.73. The summed E-state index contributed by atoms with van der Waals surface area (Å²) < 4.78 is 4.89. The van der Waals surface area contributed by atoms with Crippen molar-refractivity contribution in [1.29, 1.82) is 0 Å². The van der Waals surface area contributed by atoms with Crippen molar-refractivity contribution >= 4 is 23.2 Å². The zero-order valence-electron chi connectivity index (χ0n) is 12.7. The molecule has 0 fully saturated rings. The number of carbonyl (C=O) groups is 1. The van der Waals surface area contributed by atoms with Gasteiger partial charge >= 0.3 is 0 Å². The number of rotatable bonds is 4. The number of nitrogens with one attached hydrogen (secondary N) is 1. The summed E-state index contributed by atoms with van der Waals surface area (Å²) in [4.78, 5) is 14.0. The van der Waals surface area contributed by atoms with E-state index in [0.29, 0.717) is 17.4 Å². The molecule has 1 aromatic carbocycles. The summed E-state index contributed by atoms with van der Waals surface area (Å²) in [6, 6.07) is 14.8. The molecule has 7 nitrogen and oxygen atoms in total. The standard InChI is InChI=1S/C16H15N5O2/c1-11-10-14(20-23-11)17-16(22)13-8-9-15(19-18-13)21(2)12-6-4-3-5-7-12/h3-10H,1-2H3,(H,17,20,22). The van der Waals surface area contributed by atoms with Gasteiger partial charge in [-0.05, 0) is 31.2 Å². The van der Waals surface area contributed by atoms with Gasteiger partial charge in [-0.25, -0.2) is 0 Å². The summed E-state index contributed by atoms with van der Waals surface area (Å²) in [5, 5.41) is 14.4. The first-order valence-electron chi connectivity index (χ1n) is 7.00. The molecule has 0 unspecified atom stereocenters. The summed E-state index contributed by atoms with van der Waals surface area (Å²) in [6.07, 6.45) is 0. The van der Waals surface area contributed by atoms with Gasteiger partial charge in [0.05, 0.1) is 0 Å². The fraction of sp³-hybridized carbons (Fsp3) is 0.125. The first-order chi connectivity index (χ1) is 11.1. The van der Waals surface area contributed by atoms with Crippen molar-refractivity contribution in [2.45, 2.75) is 6.92 Å². The third-order valence-corrected chi connectivity index (χ3v) is 3.24. The predicted octanol–water partition coefficient (Wildman–Crippen LogP) is 2.79. The van der Waals surface area contributed by atoms with E-state index >= 15 is 0 Å². The molecule has 0 aliphatic heterocycles. The lowest BCUT2D eigenvalue weighted by molar-refractivity contribution is 0.102. The molecular weight excluding hydrogens is 294 g/mol. The van der Waals surface area contributed by atoms with Crippen LogP contribution in [0.15, 0.2) is 53.1 Å². The highest BCUT2D eigenvalue weighted by atomic mass is 16.5. The van der Waals surface area contributed by atoms with Crippen LogP contribution in [0.2, 0.25) is 0 Å². The number of amides is 1. The Morgan fingerprint density at radius 2 is 1.91 bits per heavy atom. The molecule has 2 aromatic heterocycles. The van der Waals surface area contributed by atoms with E-state index in [1.165, 1.54) is 0 Å². The van der Waals surface area contributed by atoms with Crippen molar-refractivity contribution in [2.75, 3.05) is 17.3 Å². The molecule has 0 aliphatic rings. The summed E-state index contributed by atoms with van der Waals surface area (Å²) in [5.41, 5.74) is 1.19. The predicted molar refractivity (Wildman–Crippen MR) is 85.7 cm³/mol. The van der Waals surface area contributed by atoms with Gasteiger partial charge in [-0.15, -0.1) is 10.2 Å². The second-order valence-corrected chi connectivity index (χ2v) is 4.95. The highest BCUT2D eigenvalue weighted by molar-refractivity contribution is 6.02. The minimum absolute atomic E-state index is 0.205. The lowest BCUT2D eigenvalue weighted by Gasteiger charge is -2.17. The molecule has 23 heavy (non-hydrogen) atoms. The van der Waals surface area contributed by atoms with Crippen molar-refractivity contribution in [3.63, 3.8) is 0 Å². The van der Waals surface area contributed by atoms with Crippen LogP contribution in [0.4, 0.5) is 17.3 Å². The number of benzene rings is 1. The highest BCUT2D eigenvalue weighted by Gasteiger charge is 2.12. The minimum Gasteiger partial charge on any atom is -0.360 e. The SMILES string of the molecule is Cc1cc(NC(=O)c2ccc(N(C)c3ccccc3)nn2)no1. The highest BCUT2D eigenvalue weighted by Crippen LogP contribution is 2.20. The molecule has 1 N–H and O–H groups in total. The molecular formula is C16H15N5O2. The van der Waals surface area contributed by atoms with Gasteiger partial charge in [0.25, 0.3) is 5.91 Å². The Morgan fingerprint density at radius 1 is 1.13 bits per heavy atom. The van der Waals surface area contributed by atoms with E-state index < -0.39 is 0 Å². The maximum absolute atomic E-state index is 12.1. The van der Waals surface area contributed by atoms with E-state index in [1.54, 1.807) is 25.1 Å². The molecule has 0 atom stereocenters. The Kier molecular flexibility index (Phi) is 4.01. The maximum atomic E-state index is 12.1. The average Bonchev–Trinajstić information content (AvgIpc) is 3.00. The van der Waals surface area contributed by atoms with Crippen molar-refractivity contribution in [2.24, 2.45) is 0 Å². The van der Waals surface area contributed by atoms with E-state index in [9.17, 15) is 4.79 Å². The lowest BCUT2D eigenvalue weighted by atomic mass is 10.3. The van der Waals surface area contributed by atoms with Crippen LogP contribution in [0.5, 0.6) is 0 Å². The molecule has 1 amide bonds. The van der Waals surface area contributed by atoms with Gasteiger partial charge in [0, 0.05) is 18.8 Å². The van der Waals surface area contributed by atoms with Crippen LogP contribution in [-0.2, 0) is 0 Å². The molecule has 0 saturated heterocycles. The van der Waals surface area contributed by atoms with Crippen LogP contribution in [0.25, 0.3) is 0 Å². The third-order valence-electron chi connectivity index (χ3n) is 3.24. The van der Waals surface area contributed by atoms with E-state index in [-0.39, 0.29) is 11.6 Å². The number of anilines is 3. The number of aryl methyl sites for hydroxylation is 1. The molecule has 3 rings (SSSR count). The van der Waals surface area contributed by atoms with Gasteiger partial charge in [0.15, 0.2) is 17.3 Å². The molecule has 2 heterocycles. The number of para-hydroxylation sites is 1. The Bertz CT molecular complexity index is 799. The Hall–Kier alpha value is -3.22. The molecule has 0 bridgehead atoms. The van der Waals surface area contributed by atoms with Gasteiger partial charge in [-0.1, -0.05) is 23.4 Å². The summed E-state index contributed by atoms with van der Waals surface area (Å²) in [6.45, 7) is 1.75. The first-order valence-corrected chi connectivity index (χ1v) is 7.00. The summed E-state index contributed by atoms with van der Waals surface area (Å²) in [5.74, 6) is 1.22. The Labute approximate surface area is 132 Å². The molecule has 0 spiro atoms. The number of hydrogen-bond acceptors (Lipinski definition) is 6. The van der Waals surface area contributed by atoms with Crippen LogP contribution in [-0.4, -0.2) is 28.3 Å². The molecule has 0 saturated carbocycles. The average molecular weight is 309 g/mol. The van der Waals surface area contributed by atoms with Gasteiger partial charge in [0.2, 0.25) is 0 Å². The van der Waals surface area contributed by atoms with Crippen LogP contribution in [0.3, 0.4) is 0 Å². The van der Waals surface area contributed by atoms with Gasteiger partial charge in [-0.3, -0.25) is 4.79 Å². The van der Waals surface area contributed by atoms with E-state index in [4.69, 9.17) is 4.52 Å². The fourth-order valence-electron chi connectivity index (χ4n) is 2.01. The molecule has 0 radical (unpaired) electrons. The number of nitrogens with zero attached hydrogens (tertiary/aromatic N) is 4. The van der Waals surface area contributed by atoms with Crippen molar-refractivity contribution in [3.05, 3.63) is 60.0 Å². The third kappa shape index (κ3) is 3.34. The van der Waals surface area contributed by atoms with Crippen LogP contribution in [0, 0.1) is 6.92 Å². The molecule has 0 aliphatic carbocycles.